The van der Waals surface area contributed by atoms with E-state index in [0.29, 0.717) is 10.6 Å². The van der Waals surface area contributed by atoms with Gasteiger partial charge in [-0.3, -0.25) is 0 Å². The molecule has 0 atom stereocenters. The van der Waals surface area contributed by atoms with Crippen LogP contribution in [-0.2, 0) is 0 Å². The molecule has 2 heterocycles. The third-order valence-electron chi connectivity index (χ3n) is 3.77. The maximum atomic E-state index is 12.5. The molecule has 0 aliphatic carbocycles. The van der Waals surface area contributed by atoms with Crippen molar-refractivity contribution in [2.75, 3.05) is 0 Å². The molecular formula is C19H13BrN2O2S. The minimum absolute atomic E-state index is 0.359. The van der Waals surface area contributed by atoms with Crippen molar-refractivity contribution < 1.29 is 9.53 Å². The molecule has 0 spiro atoms. The van der Waals surface area contributed by atoms with Crippen molar-refractivity contribution >= 4 is 43.5 Å². The van der Waals surface area contributed by atoms with Crippen molar-refractivity contribution in [2.24, 2.45) is 0 Å². The highest BCUT2D eigenvalue weighted by Gasteiger charge is 2.18. The van der Waals surface area contributed by atoms with Crippen LogP contribution in [0.3, 0.4) is 0 Å². The Kier molecular flexibility index (Phi) is 4.15. The van der Waals surface area contributed by atoms with Crippen LogP contribution in [0.15, 0.2) is 65.1 Å². The van der Waals surface area contributed by atoms with Gasteiger partial charge in [0.1, 0.15) is 15.5 Å². The number of hydrogen-bond donors (Lipinski definition) is 0. The third-order valence-corrected chi connectivity index (χ3v) is 5.39. The van der Waals surface area contributed by atoms with Crippen molar-refractivity contribution in [1.29, 1.82) is 0 Å². The molecular weight excluding hydrogens is 400 g/mol. The van der Waals surface area contributed by atoms with Gasteiger partial charge in [0, 0.05) is 9.86 Å². The number of aromatic nitrogens is 2. The fraction of sp³-hybridized carbons (Fsp3) is 0.0526. The maximum Gasteiger partial charge on any atom is 0.353 e. The van der Waals surface area contributed by atoms with Crippen molar-refractivity contribution in [1.82, 2.24) is 9.78 Å². The van der Waals surface area contributed by atoms with Gasteiger partial charge >= 0.3 is 5.97 Å². The average Bonchev–Trinajstić information content (AvgIpc) is 3.19. The molecule has 4 aromatic rings. The second kappa shape index (κ2) is 6.46. The summed E-state index contributed by atoms with van der Waals surface area (Å²) in [5, 5.41) is 5.55. The first kappa shape index (κ1) is 16.1. The zero-order valence-corrected chi connectivity index (χ0v) is 15.7. The molecule has 0 bridgehead atoms. The van der Waals surface area contributed by atoms with E-state index in [2.05, 4.69) is 21.0 Å². The van der Waals surface area contributed by atoms with E-state index >= 15 is 0 Å². The van der Waals surface area contributed by atoms with Gasteiger partial charge in [-0.25, -0.2) is 9.48 Å². The van der Waals surface area contributed by atoms with Gasteiger partial charge in [-0.2, -0.15) is 5.10 Å². The van der Waals surface area contributed by atoms with Crippen molar-refractivity contribution in [3.05, 3.63) is 75.7 Å². The summed E-state index contributed by atoms with van der Waals surface area (Å²) in [5.74, 6) is 0.162. The molecule has 0 radical (unpaired) electrons. The molecule has 124 valence electrons. The monoisotopic (exact) mass is 412 g/mol. The molecule has 0 amide bonds. The van der Waals surface area contributed by atoms with Gasteiger partial charge < -0.3 is 4.74 Å². The first-order chi connectivity index (χ1) is 12.1. The third kappa shape index (κ3) is 3.10. The van der Waals surface area contributed by atoms with Crippen LogP contribution < -0.4 is 4.74 Å². The number of halogens is 1. The van der Waals surface area contributed by atoms with E-state index < -0.39 is 0 Å². The van der Waals surface area contributed by atoms with Crippen LogP contribution in [0.1, 0.15) is 15.4 Å². The molecule has 0 saturated carbocycles. The Labute approximate surface area is 156 Å². The van der Waals surface area contributed by atoms with Crippen LogP contribution >= 0.6 is 27.3 Å². The Morgan fingerprint density at radius 3 is 2.56 bits per heavy atom. The van der Waals surface area contributed by atoms with Crippen LogP contribution in [0, 0.1) is 6.92 Å². The first-order valence-electron chi connectivity index (χ1n) is 7.64. The summed E-state index contributed by atoms with van der Waals surface area (Å²) < 4.78 is 8.27. The van der Waals surface area contributed by atoms with Crippen LogP contribution in [0.2, 0.25) is 0 Å². The molecule has 0 aliphatic heterocycles. The molecule has 25 heavy (non-hydrogen) atoms. The number of hydrogen-bond acceptors (Lipinski definition) is 4. The number of benzene rings is 2. The fourth-order valence-electron chi connectivity index (χ4n) is 2.55. The molecule has 0 aliphatic rings. The highest BCUT2D eigenvalue weighted by atomic mass is 79.9. The number of carbonyl (C=O) groups is 1. The SMILES string of the molecule is Cc1nn(-c2ccccc2)c2sc(C(=O)Oc3ccc(Br)cc3)cc12. The van der Waals surface area contributed by atoms with Crippen LogP contribution in [-0.4, -0.2) is 15.7 Å². The van der Waals surface area contributed by atoms with Gasteiger partial charge in [0.25, 0.3) is 0 Å². The van der Waals surface area contributed by atoms with Gasteiger partial charge in [0.05, 0.1) is 11.4 Å². The highest BCUT2D eigenvalue weighted by molar-refractivity contribution is 9.10. The second-order valence-corrected chi connectivity index (χ2v) is 7.45. The minimum Gasteiger partial charge on any atom is -0.422 e. The van der Waals surface area contributed by atoms with Crippen molar-refractivity contribution in [3.63, 3.8) is 0 Å². The quantitative estimate of drug-likeness (QED) is 0.335. The van der Waals surface area contributed by atoms with E-state index in [1.165, 1.54) is 11.3 Å². The summed E-state index contributed by atoms with van der Waals surface area (Å²) in [5.41, 5.74) is 1.85. The standard InChI is InChI=1S/C19H13BrN2O2S/c1-12-16-11-17(19(23)24-15-9-7-13(20)8-10-15)25-18(16)22(21-12)14-5-3-2-4-6-14/h2-11H,1H3. The predicted molar refractivity (Wildman–Crippen MR) is 103 cm³/mol. The lowest BCUT2D eigenvalue weighted by Crippen LogP contribution is -2.06. The Hall–Kier alpha value is -2.44. The van der Waals surface area contributed by atoms with Crippen molar-refractivity contribution in [2.45, 2.75) is 6.92 Å². The molecule has 2 aromatic carbocycles. The molecule has 0 fully saturated rings. The van der Waals surface area contributed by atoms with E-state index in [1.54, 1.807) is 12.1 Å². The summed E-state index contributed by atoms with van der Waals surface area (Å²) >= 11 is 4.75. The summed E-state index contributed by atoms with van der Waals surface area (Å²) in [6, 6.07) is 18.9. The smallest absolute Gasteiger partial charge is 0.353 e. The van der Waals surface area contributed by atoms with E-state index in [0.717, 1.165) is 26.1 Å². The largest absolute Gasteiger partial charge is 0.422 e. The van der Waals surface area contributed by atoms with Crippen molar-refractivity contribution in [3.8, 4) is 11.4 Å². The topological polar surface area (TPSA) is 44.1 Å². The van der Waals surface area contributed by atoms with Crippen LogP contribution in [0.4, 0.5) is 0 Å². The lowest BCUT2D eigenvalue weighted by atomic mass is 10.3. The Morgan fingerprint density at radius 1 is 1.12 bits per heavy atom. The van der Waals surface area contributed by atoms with Gasteiger partial charge in [-0.15, -0.1) is 11.3 Å². The molecule has 0 N–H and O–H groups in total. The average molecular weight is 413 g/mol. The number of fused-ring (bicyclic) bond motifs is 1. The van der Waals surface area contributed by atoms with E-state index in [1.807, 2.05) is 60.1 Å². The molecule has 0 saturated heterocycles. The predicted octanol–water partition coefficient (Wildman–Crippen LogP) is 5.38. The minimum atomic E-state index is -0.359. The first-order valence-corrected chi connectivity index (χ1v) is 9.25. The van der Waals surface area contributed by atoms with E-state index in [-0.39, 0.29) is 5.97 Å². The molecule has 2 aromatic heterocycles. The number of aryl methyl sites for hydroxylation is 1. The molecule has 4 rings (SSSR count). The zero-order valence-electron chi connectivity index (χ0n) is 13.3. The molecule has 4 nitrogen and oxygen atoms in total. The highest BCUT2D eigenvalue weighted by Crippen LogP contribution is 2.31. The van der Waals surface area contributed by atoms with E-state index in [4.69, 9.17) is 4.74 Å². The number of ether oxygens (including phenoxy) is 1. The number of thiophene rings is 1. The maximum absolute atomic E-state index is 12.5. The Balaban J connectivity index is 1.69. The fourth-order valence-corrected chi connectivity index (χ4v) is 3.88. The van der Waals surface area contributed by atoms with Gasteiger partial charge in [-0.05, 0) is 49.4 Å². The number of nitrogens with zero attached hydrogens (tertiary/aromatic N) is 2. The van der Waals surface area contributed by atoms with Gasteiger partial charge in [0.15, 0.2) is 0 Å². The Morgan fingerprint density at radius 2 is 1.84 bits per heavy atom. The van der Waals surface area contributed by atoms with Gasteiger partial charge in [-0.1, -0.05) is 34.1 Å². The number of para-hydroxylation sites is 1. The normalized spacial score (nSPS) is 11.0. The summed E-state index contributed by atoms with van der Waals surface area (Å²) in [4.78, 5) is 14.0. The molecule has 6 heteroatoms. The number of carbonyl (C=O) groups excluding carboxylic acids is 1. The zero-order chi connectivity index (χ0) is 17.4. The summed E-state index contributed by atoms with van der Waals surface area (Å²) in [6.45, 7) is 1.94. The lowest BCUT2D eigenvalue weighted by molar-refractivity contribution is 0.0740. The number of esters is 1. The van der Waals surface area contributed by atoms with E-state index in [9.17, 15) is 4.79 Å². The molecule has 0 unspecified atom stereocenters. The van der Waals surface area contributed by atoms with Crippen LogP contribution in [0.5, 0.6) is 5.75 Å². The number of rotatable bonds is 3. The summed E-state index contributed by atoms with van der Waals surface area (Å²) in [6.07, 6.45) is 0. The lowest BCUT2D eigenvalue weighted by Gasteiger charge is -2.03. The van der Waals surface area contributed by atoms with Gasteiger partial charge in [0.2, 0.25) is 0 Å². The second-order valence-electron chi connectivity index (χ2n) is 5.51. The summed E-state index contributed by atoms with van der Waals surface area (Å²) in [7, 11) is 0. The van der Waals surface area contributed by atoms with Crippen LogP contribution in [0.25, 0.3) is 15.9 Å². The Bertz CT molecular complexity index is 1050.